The van der Waals surface area contributed by atoms with Crippen LogP contribution in [0.5, 0.6) is 0 Å². The summed E-state index contributed by atoms with van der Waals surface area (Å²) in [6, 6.07) is 9.12. The van der Waals surface area contributed by atoms with Crippen LogP contribution >= 0.6 is 15.9 Å². The van der Waals surface area contributed by atoms with Crippen LogP contribution in [0.25, 0.3) is 0 Å². The summed E-state index contributed by atoms with van der Waals surface area (Å²) in [4.78, 5) is 4.75. The van der Waals surface area contributed by atoms with Crippen LogP contribution in [0.1, 0.15) is 18.9 Å². The summed E-state index contributed by atoms with van der Waals surface area (Å²) in [5, 5.41) is 9.04. The topological polar surface area (TPSA) is 30.3 Å². The van der Waals surface area contributed by atoms with Crippen molar-refractivity contribution in [2.45, 2.75) is 26.3 Å². The maximum absolute atomic E-state index is 9.04. The molecule has 1 fully saturated rings. The average Bonchev–Trinajstić information content (AvgIpc) is 2.49. The molecule has 0 spiro atoms. The molecule has 3 nitrogen and oxygen atoms in total. The van der Waals surface area contributed by atoms with Crippen LogP contribution in [0.15, 0.2) is 22.7 Å². The zero-order valence-electron chi connectivity index (χ0n) is 12.4. The molecule has 2 atom stereocenters. The van der Waals surface area contributed by atoms with Gasteiger partial charge in [0.1, 0.15) is 0 Å². The second-order valence-corrected chi connectivity index (χ2v) is 6.77. The Balaban J connectivity index is 2.27. The fourth-order valence-electron chi connectivity index (χ4n) is 2.93. The quantitative estimate of drug-likeness (QED) is 0.829. The molecule has 4 heteroatoms. The number of likely N-dealkylation sites (N-methyl/N-ethyl adjacent to an activating group) is 1. The molecule has 0 radical (unpaired) electrons. The van der Waals surface area contributed by atoms with Crippen molar-refractivity contribution >= 4 is 21.6 Å². The molecule has 0 aliphatic carbocycles. The number of nitriles is 1. The standard InChI is InChI=1S/C16H22BrN3/c1-12-4-5-16(15(17)8-12)20-10-13(2)9-19(3)14(11-20)6-7-18/h4-5,8,13-14H,6,9-11H2,1-3H3. The van der Waals surface area contributed by atoms with Crippen molar-refractivity contribution in [2.24, 2.45) is 5.92 Å². The second-order valence-electron chi connectivity index (χ2n) is 5.92. The van der Waals surface area contributed by atoms with Crippen molar-refractivity contribution in [3.05, 3.63) is 28.2 Å². The smallest absolute Gasteiger partial charge is 0.0638 e. The van der Waals surface area contributed by atoms with Gasteiger partial charge in [0.2, 0.25) is 0 Å². The lowest BCUT2D eigenvalue weighted by Gasteiger charge is -2.29. The molecule has 1 aliphatic rings. The first-order valence-corrected chi connectivity index (χ1v) is 7.89. The molecule has 1 aromatic carbocycles. The van der Waals surface area contributed by atoms with Crippen LogP contribution < -0.4 is 4.90 Å². The minimum Gasteiger partial charge on any atom is -0.369 e. The van der Waals surface area contributed by atoms with E-state index in [2.05, 4.69) is 70.9 Å². The highest BCUT2D eigenvalue weighted by Gasteiger charge is 2.26. The van der Waals surface area contributed by atoms with Gasteiger partial charge in [-0.15, -0.1) is 0 Å². The van der Waals surface area contributed by atoms with E-state index in [9.17, 15) is 0 Å². The molecule has 2 rings (SSSR count). The summed E-state index contributed by atoms with van der Waals surface area (Å²) < 4.78 is 1.14. The minimum atomic E-state index is 0.304. The molecule has 1 heterocycles. The third-order valence-electron chi connectivity index (χ3n) is 3.96. The van der Waals surface area contributed by atoms with Gasteiger partial charge in [-0.3, -0.25) is 0 Å². The highest BCUT2D eigenvalue weighted by atomic mass is 79.9. The molecule has 0 aromatic heterocycles. The Labute approximate surface area is 130 Å². The predicted molar refractivity (Wildman–Crippen MR) is 86.9 cm³/mol. The van der Waals surface area contributed by atoms with Gasteiger partial charge in [0, 0.05) is 30.1 Å². The van der Waals surface area contributed by atoms with Gasteiger partial charge in [-0.1, -0.05) is 13.0 Å². The van der Waals surface area contributed by atoms with E-state index in [0.717, 1.165) is 24.1 Å². The molecule has 108 valence electrons. The summed E-state index contributed by atoms with van der Waals surface area (Å²) in [5.74, 6) is 0.594. The SMILES string of the molecule is Cc1ccc(N2CC(C)CN(C)C(CC#N)C2)c(Br)c1. The highest BCUT2D eigenvalue weighted by Crippen LogP contribution is 2.30. The van der Waals surface area contributed by atoms with E-state index in [1.54, 1.807) is 0 Å². The molecule has 0 saturated carbocycles. The first-order chi connectivity index (χ1) is 9.51. The summed E-state index contributed by atoms with van der Waals surface area (Å²) in [6.45, 7) is 7.38. The van der Waals surface area contributed by atoms with Gasteiger partial charge in [0.15, 0.2) is 0 Å². The lowest BCUT2D eigenvalue weighted by Crippen LogP contribution is -2.38. The lowest BCUT2D eigenvalue weighted by molar-refractivity contribution is 0.241. The van der Waals surface area contributed by atoms with Crippen LogP contribution in [-0.4, -0.2) is 37.6 Å². The van der Waals surface area contributed by atoms with Crippen molar-refractivity contribution in [3.8, 4) is 6.07 Å². The van der Waals surface area contributed by atoms with Crippen LogP contribution in [0.4, 0.5) is 5.69 Å². The number of hydrogen-bond acceptors (Lipinski definition) is 3. The third-order valence-corrected chi connectivity index (χ3v) is 4.59. The lowest BCUT2D eigenvalue weighted by atomic mass is 10.1. The third kappa shape index (κ3) is 3.53. The van der Waals surface area contributed by atoms with E-state index in [4.69, 9.17) is 5.26 Å². The number of aryl methyl sites for hydroxylation is 1. The first kappa shape index (κ1) is 15.3. The molecule has 0 bridgehead atoms. The van der Waals surface area contributed by atoms with Crippen LogP contribution in [0, 0.1) is 24.2 Å². The van der Waals surface area contributed by atoms with Gasteiger partial charge in [-0.25, -0.2) is 0 Å². The number of anilines is 1. The second kappa shape index (κ2) is 6.60. The fourth-order valence-corrected chi connectivity index (χ4v) is 3.68. The number of nitrogens with zero attached hydrogens (tertiary/aromatic N) is 3. The Kier molecular flexibility index (Phi) is 5.06. The van der Waals surface area contributed by atoms with E-state index < -0.39 is 0 Å². The maximum Gasteiger partial charge on any atom is 0.0638 e. The molecule has 1 aliphatic heterocycles. The fraction of sp³-hybridized carbons (Fsp3) is 0.562. The number of benzene rings is 1. The van der Waals surface area contributed by atoms with Gasteiger partial charge in [-0.2, -0.15) is 5.26 Å². The summed E-state index contributed by atoms with van der Waals surface area (Å²) in [5.41, 5.74) is 2.50. The first-order valence-electron chi connectivity index (χ1n) is 7.09. The molecule has 1 aromatic rings. The van der Waals surface area contributed by atoms with Crippen LogP contribution in [-0.2, 0) is 0 Å². The van der Waals surface area contributed by atoms with Gasteiger partial charge in [0.05, 0.1) is 18.2 Å². The molecule has 2 unspecified atom stereocenters. The molecule has 20 heavy (non-hydrogen) atoms. The molecular weight excluding hydrogens is 314 g/mol. The Bertz CT molecular complexity index is 509. The Morgan fingerprint density at radius 3 is 2.75 bits per heavy atom. The Morgan fingerprint density at radius 2 is 2.10 bits per heavy atom. The van der Waals surface area contributed by atoms with E-state index in [-0.39, 0.29) is 0 Å². The summed E-state index contributed by atoms with van der Waals surface area (Å²) >= 11 is 3.68. The molecule has 1 saturated heterocycles. The summed E-state index contributed by atoms with van der Waals surface area (Å²) in [6.07, 6.45) is 0.587. The largest absolute Gasteiger partial charge is 0.369 e. The van der Waals surface area contributed by atoms with Gasteiger partial charge in [-0.05, 0) is 53.5 Å². The number of hydrogen-bond donors (Lipinski definition) is 0. The van der Waals surface area contributed by atoms with Crippen LogP contribution in [0.2, 0.25) is 0 Å². The van der Waals surface area contributed by atoms with E-state index in [1.165, 1.54) is 11.3 Å². The highest BCUT2D eigenvalue weighted by molar-refractivity contribution is 9.10. The Hall–Kier alpha value is -1.05. The van der Waals surface area contributed by atoms with E-state index >= 15 is 0 Å². The van der Waals surface area contributed by atoms with E-state index in [1.807, 2.05) is 0 Å². The molecular formula is C16H22BrN3. The monoisotopic (exact) mass is 335 g/mol. The average molecular weight is 336 g/mol. The normalized spacial score (nSPS) is 24.2. The zero-order valence-corrected chi connectivity index (χ0v) is 14.0. The zero-order chi connectivity index (χ0) is 14.7. The van der Waals surface area contributed by atoms with Crippen molar-refractivity contribution in [3.63, 3.8) is 0 Å². The van der Waals surface area contributed by atoms with Gasteiger partial charge >= 0.3 is 0 Å². The van der Waals surface area contributed by atoms with E-state index in [0.29, 0.717) is 18.4 Å². The molecule has 0 N–H and O–H groups in total. The minimum absolute atomic E-state index is 0.304. The van der Waals surface area contributed by atoms with Crippen molar-refractivity contribution in [1.29, 1.82) is 5.26 Å². The van der Waals surface area contributed by atoms with Gasteiger partial charge in [0.25, 0.3) is 0 Å². The van der Waals surface area contributed by atoms with Crippen molar-refractivity contribution in [2.75, 3.05) is 31.6 Å². The summed E-state index contributed by atoms with van der Waals surface area (Å²) in [7, 11) is 2.13. The number of halogens is 1. The molecule has 0 amide bonds. The Morgan fingerprint density at radius 1 is 1.35 bits per heavy atom. The van der Waals surface area contributed by atoms with Crippen molar-refractivity contribution in [1.82, 2.24) is 4.90 Å². The number of rotatable bonds is 2. The predicted octanol–water partition coefficient (Wildman–Crippen LogP) is 3.43. The maximum atomic E-state index is 9.04. The van der Waals surface area contributed by atoms with Crippen LogP contribution in [0.3, 0.4) is 0 Å². The van der Waals surface area contributed by atoms with Crippen molar-refractivity contribution < 1.29 is 0 Å². The van der Waals surface area contributed by atoms with Gasteiger partial charge < -0.3 is 9.80 Å².